The SMILES string of the molecule is CC1CNCC(c2cccc3c2OCC3)C1. The van der Waals surface area contributed by atoms with E-state index in [0.29, 0.717) is 5.92 Å². The smallest absolute Gasteiger partial charge is 0.126 e. The number of fused-ring (bicyclic) bond motifs is 1. The summed E-state index contributed by atoms with van der Waals surface area (Å²) in [4.78, 5) is 0. The Labute approximate surface area is 97.0 Å². The van der Waals surface area contributed by atoms with Gasteiger partial charge in [-0.1, -0.05) is 25.1 Å². The maximum atomic E-state index is 5.79. The number of hydrogen-bond donors (Lipinski definition) is 1. The Hall–Kier alpha value is -1.02. The summed E-state index contributed by atoms with van der Waals surface area (Å²) in [6.07, 6.45) is 2.37. The standard InChI is InChI=1S/C14H19NO/c1-10-7-12(9-15-8-10)13-4-2-3-11-5-6-16-14(11)13/h2-4,10,12,15H,5-9H2,1H3. The topological polar surface area (TPSA) is 21.3 Å². The number of rotatable bonds is 1. The Morgan fingerprint density at radius 3 is 3.12 bits per heavy atom. The third-order valence-corrected chi connectivity index (χ3v) is 3.76. The van der Waals surface area contributed by atoms with Crippen molar-refractivity contribution in [2.75, 3.05) is 19.7 Å². The zero-order valence-corrected chi connectivity index (χ0v) is 9.83. The monoisotopic (exact) mass is 217 g/mol. The Balaban J connectivity index is 1.91. The molecule has 1 aromatic carbocycles. The van der Waals surface area contributed by atoms with Crippen LogP contribution in [0.4, 0.5) is 0 Å². The average Bonchev–Trinajstić information content (AvgIpc) is 2.76. The van der Waals surface area contributed by atoms with Crippen LogP contribution in [0.1, 0.15) is 30.4 Å². The third kappa shape index (κ3) is 1.71. The highest BCUT2D eigenvalue weighted by atomic mass is 16.5. The van der Waals surface area contributed by atoms with Crippen molar-refractivity contribution in [2.24, 2.45) is 5.92 Å². The van der Waals surface area contributed by atoms with E-state index >= 15 is 0 Å². The molecule has 1 saturated heterocycles. The van der Waals surface area contributed by atoms with E-state index < -0.39 is 0 Å². The van der Waals surface area contributed by atoms with Gasteiger partial charge in [0.15, 0.2) is 0 Å². The van der Waals surface area contributed by atoms with E-state index in [9.17, 15) is 0 Å². The quantitative estimate of drug-likeness (QED) is 0.779. The summed E-state index contributed by atoms with van der Waals surface area (Å²) < 4.78 is 5.79. The van der Waals surface area contributed by atoms with Crippen LogP contribution in [0.5, 0.6) is 5.75 Å². The molecule has 2 heterocycles. The molecule has 2 heteroatoms. The van der Waals surface area contributed by atoms with Crippen molar-refractivity contribution < 1.29 is 4.74 Å². The third-order valence-electron chi connectivity index (χ3n) is 3.76. The second-order valence-electron chi connectivity index (χ2n) is 5.13. The highest BCUT2D eigenvalue weighted by Gasteiger charge is 2.25. The summed E-state index contributed by atoms with van der Waals surface area (Å²) in [5.41, 5.74) is 2.82. The van der Waals surface area contributed by atoms with Gasteiger partial charge >= 0.3 is 0 Å². The molecule has 2 nitrogen and oxygen atoms in total. The molecule has 0 aliphatic carbocycles. The van der Waals surface area contributed by atoms with E-state index in [1.54, 1.807) is 0 Å². The zero-order valence-electron chi connectivity index (χ0n) is 9.83. The fraction of sp³-hybridized carbons (Fsp3) is 0.571. The predicted octanol–water partition coefficient (Wildman–Crippen LogP) is 2.33. The molecule has 0 radical (unpaired) electrons. The molecule has 1 N–H and O–H groups in total. The van der Waals surface area contributed by atoms with Gasteiger partial charge in [0.1, 0.15) is 5.75 Å². The first-order valence-electron chi connectivity index (χ1n) is 6.30. The number of para-hydroxylation sites is 1. The molecule has 2 aliphatic heterocycles. The van der Waals surface area contributed by atoms with Crippen LogP contribution in [0.2, 0.25) is 0 Å². The van der Waals surface area contributed by atoms with Crippen LogP contribution in [0.3, 0.4) is 0 Å². The van der Waals surface area contributed by atoms with Gasteiger partial charge in [0.25, 0.3) is 0 Å². The van der Waals surface area contributed by atoms with Gasteiger partial charge < -0.3 is 10.1 Å². The van der Waals surface area contributed by atoms with E-state index in [2.05, 4.69) is 30.4 Å². The molecule has 0 spiro atoms. The summed E-state index contributed by atoms with van der Waals surface area (Å²) >= 11 is 0. The highest BCUT2D eigenvalue weighted by molar-refractivity contribution is 5.46. The van der Waals surface area contributed by atoms with Gasteiger partial charge in [-0.15, -0.1) is 0 Å². The van der Waals surface area contributed by atoms with Crippen molar-refractivity contribution in [1.29, 1.82) is 0 Å². The summed E-state index contributed by atoms with van der Waals surface area (Å²) in [7, 11) is 0. The number of piperidine rings is 1. The molecule has 0 bridgehead atoms. The maximum absolute atomic E-state index is 5.79. The van der Waals surface area contributed by atoms with Crippen molar-refractivity contribution in [1.82, 2.24) is 5.32 Å². The molecule has 2 aliphatic rings. The fourth-order valence-electron chi connectivity index (χ4n) is 2.96. The van der Waals surface area contributed by atoms with Gasteiger partial charge in [-0.05, 0) is 30.0 Å². The van der Waals surface area contributed by atoms with E-state index in [1.165, 1.54) is 23.3 Å². The molecule has 2 atom stereocenters. The van der Waals surface area contributed by atoms with E-state index in [-0.39, 0.29) is 0 Å². The van der Waals surface area contributed by atoms with Crippen molar-refractivity contribution >= 4 is 0 Å². The summed E-state index contributed by atoms with van der Waals surface area (Å²) in [5, 5.41) is 3.52. The number of benzene rings is 1. The van der Waals surface area contributed by atoms with Crippen molar-refractivity contribution in [2.45, 2.75) is 25.7 Å². The molecule has 86 valence electrons. The number of hydrogen-bond acceptors (Lipinski definition) is 2. The van der Waals surface area contributed by atoms with Crippen molar-refractivity contribution in [3.8, 4) is 5.75 Å². The minimum absolute atomic E-state index is 0.636. The lowest BCUT2D eigenvalue weighted by Crippen LogP contribution is -2.33. The van der Waals surface area contributed by atoms with Crippen LogP contribution in [-0.2, 0) is 6.42 Å². The lowest BCUT2D eigenvalue weighted by molar-refractivity contribution is 0.331. The van der Waals surface area contributed by atoms with Crippen molar-refractivity contribution in [3.05, 3.63) is 29.3 Å². The zero-order chi connectivity index (χ0) is 11.0. The predicted molar refractivity (Wildman–Crippen MR) is 65.0 cm³/mol. The minimum atomic E-state index is 0.636. The van der Waals surface area contributed by atoms with Crippen LogP contribution in [0.15, 0.2) is 18.2 Å². The molecule has 0 aromatic heterocycles. The van der Waals surface area contributed by atoms with E-state index in [1.807, 2.05) is 0 Å². The molecular formula is C14H19NO. The van der Waals surface area contributed by atoms with Gasteiger partial charge in [0, 0.05) is 18.9 Å². The van der Waals surface area contributed by atoms with Gasteiger partial charge in [-0.25, -0.2) is 0 Å². The number of nitrogens with one attached hydrogen (secondary N) is 1. The summed E-state index contributed by atoms with van der Waals surface area (Å²) in [6.45, 7) is 5.45. The molecule has 16 heavy (non-hydrogen) atoms. The molecule has 1 fully saturated rings. The molecule has 2 unspecified atom stereocenters. The van der Waals surface area contributed by atoms with Gasteiger partial charge in [-0.3, -0.25) is 0 Å². The average molecular weight is 217 g/mol. The first-order chi connectivity index (χ1) is 7.84. The van der Waals surface area contributed by atoms with Gasteiger partial charge in [0.05, 0.1) is 6.61 Å². The van der Waals surface area contributed by atoms with Crippen LogP contribution in [-0.4, -0.2) is 19.7 Å². The minimum Gasteiger partial charge on any atom is -0.493 e. The second-order valence-corrected chi connectivity index (χ2v) is 5.13. The summed E-state index contributed by atoms with van der Waals surface area (Å²) in [5.74, 6) is 2.59. The van der Waals surface area contributed by atoms with Crippen LogP contribution in [0, 0.1) is 5.92 Å². The Morgan fingerprint density at radius 1 is 1.31 bits per heavy atom. The second kappa shape index (κ2) is 4.10. The Bertz CT molecular complexity index is 388. The van der Waals surface area contributed by atoms with Gasteiger partial charge in [0.2, 0.25) is 0 Å². The lowest BCUT2D eigenvalue weighted by atomic mass is 9.85. The van der Waals surface area contributed by atoms with Crippen LogP contribution < -0.4 is 10.1 Å². The maximum Gasteiger partial charge on any atom is 0.126 e. The molecule has 0 amide bonds. The number of ether oxygens (including phenoxy) is 1. The molecule has 1 aromatic rings. The highest BCUT2D eigenvalue weighted by Crippen LogP contribution is 2.37. The molecule has 0 saturated carbocycles. The lowest BCUT2D eigenvalue weighted by Gasteiger charge is -2.29. The molecule has 3 rings (SSSR count). The Kier molecular flexibility index (Phi) is 2.60. The van der Waals surface area contributed by atoms with Crippen molar-refractivity contribution in [3.63, 3.8) is 0 Å². The van der Waals surface area contributed by atoms with E-state index in [4.69, 9.17) is 4.74 Å². The first-order valence-corrected chi connectivity index (χ1v) is 6.30. The van der Waals surface area contributed by atoms with E-state index in [0.717, 1.165) is 32.0 Å². The largest absolute Gasteiger partial charge is 0.493 e. The Morgan fingerprint density at radius 2 is 2.25 bits per heavy atom. The van der Waals surface area contributed by atoms with Crippen LogP contribution in [0.25, 0.3) is 0 Å². The van der Waals surface area contributed by atoms with Gasteiger partial charge in [-0.2, -0.15) is 0 Å². The fourth-order valence-corrected chi connectivity index (χ4v) is 2.96. The van der Waals surface area contributed by atoms with Crippen LogP contribution >= 0.6 is 0 Å². The molecular weight excluding hydrogens is 198 g/mol. The normalized spacial score (nSPS) is 28.6. The first kappa shape index (κ1) is 10.2. The summed E-state index contributed by atoms with van der Waals surface area (Å²) in [6, 6.07) is 6.63.